The number of nitrogens with one attached hydrogen (secondary N) is 1. The van der Waals surface area contributed by atoms with Crippen molar-refractivity contribution in [3.63, 3.8) is 0 Å². The van der Waals surface area contributed by atoms with Crippen molar-refractivity contribution in [2.75, 3.05) is 33.3 Å². The highest BCUT2D eigenvalue weighted by atomic mass is 16.5. The van der Waals surface area contributed by atoms with Crippen LogP contribution in [-0.4, -0.2) is 50.2 Å². The molecule has 1 atom stereocenters. The summed E-state index contributed by atoms with van der Waals surface area (Å²) in [5.74, 6) is 0.641. The number of hydrogen-bond acceptors (Lipinski definition) is 4. The van der Waals surface area contributed by atoms with Crippen molar-refractivity contribution in [2.45, 2.75) is 45.6 Å². The van der Waals surface area contributed by atoms with Gasteiger partial charge >= 0.3 is 5.97 Å². The maximum atomic E-state index is 11.8. The molecular weight excluding hydrogens is 240 g/mol. The maximum absolute atomic E-state index is 11.8. The van der Waals surface area contributed by atoms with E-state index >= 15 is 0 Å². The second kappa shape index (κ2) is 6.23. The number of rotatable bonds is 6. The molecule has 2 rings (SSSR count). The van der Waals surface area contributed by atoms with Gasteiger partial charge in [-0.1, -0.05) is 0 Å². The third-order valence-electron chi connectivity index (χ3n) is 4.29. The molecule has 0 aromatic carbocycles. The summed E-state index contributed by atoms with van der Waals surface area (Å²) in [5, 5.41) is 3.48. The fourth-order valence-corrected chi connectivity index (χ4v) is 3.04. The molecule has 0 bridgehead atoms. The molecule has 1 heterocycles. The topological polar surface area (TPSA) is 41.6 Å². The predicted molar refractivity (Wildman–Crippen MR) is 76.0 cm³/mol. The standard InChI is InChI=1S/C15H28N2O2/c1-15(2,14(18)19-3)11-17(13-6-7-13)10-12-5-4-8-16-9-12/h12-13,16H,4-11H2,1-3H3. The van der Waals surface area contributed by atoms with Crippen LogP contribution >= 0.6 is 0 Å². The molecule has 1 unspecified atom stereocenters. The van der Waals surface area contributed by atoms with E-state index in [9.17, 15) is 4.79 Å². The van der Waals surface area contributed by atoms with Crippen LogP contribution < -0.4 is 5.32 Å². The lowest BCUT2D eigenvalue weighted by Gasteiger charge is -2.34. The lowest BCUT2D eigenvalue weighted by Crippen LogP contribution is -2.45. The fraction of sp³-hybridized carbons (Fsp3) is 0.933. The first kappa shape index (κ1) is 14.8. The number of methoxy groups -OCH3 is 1. The molecular formula is C15H28N2O2. The van der Waals surface area contributed by atoms with Gasteiger partial charge in [-0.25, -0.2) is 0 Å². The molecule has 0 spiro atoms. The Kier molecular flexibility index (Phi) is 4.85. The zero-order chi connectivity index (χ0) is 13.9. The summed E-state index contributed by atoms with van der Waals surface area (Å²) in [6.45, 7) is 8.22. The summed E-state index contributed by atoms with van der Waals surface area (Å²) in [5.41, 5.74) is -0.403. The quantitative estimate of drug-likeness (QED) is 0.744. The van der Waals surface area contributed by atoms with Crippen molar-refractivity contribution >= 4 is 5.97 Å². The third kappa shape index (κ3) is 4.18. The van der Waals surface area contributed by atoms with Crippen LogP contribution in [0.2, 0.25) is 0 Å². The van der Waals surface area contributed by atoms with Gasteiger partial charge in [-0.05, 0) is 58.5 Å². The number of nitrogens with zero attached hydrogens (tertiary/aromatic N) is 1. The first-order chi connectivity index (χ1) is 9.03. The van der Waals surface area contributed by atoms with Crippen LogP contribution in [0.25, 0.3) is 0 Å². The average molecular weight is 268 g/mol. The van der Waals surface area contributed by atoms with Gasteiger partial charge in [-0.3, -0.25) is 9.69 Å². The number of ether oxygens (including phenoxy) is 1. The van der Waals surface area contributed by atoms with E-state index in [1.807, 2.05) is 13.8 Å². The second-order valence-electron chi connectivity index (χ2n) is 6.75. The van der Waals surface area contributed by atoms with Gasteiger partial charge in [0.05, 0.1) is 12.5 Å². The summed E-state index contributed by atoms with van der Waals surface area (Å²) < 4.78 is 4.93. The van der Waals surface area contributed by atoms with E-state index in [2.05, 4.69) is 10.2 Å². The predicted octanol–water partition coefficient (Wildman–Crippen LogP) is 1.65. The third-order valence-corrected chi connectivity index (χ3v) is 4.29. The Labute approximate surface area is 116 Å². The van der Waals surface area contributed by atoms with E-state index in [0.717, 1.165) is 32.1 Å². The number of hydrogen-bond donors (Lipinski definition) is 1. The van der Waals surface area contributed by atoms with Gasteiger partial charge in [0.2, 0.25) is 0 Å². The molecule has 1 saturated carbocycles. The molecule has 0 aromatic heterocycles. The zero-order valence-corrected chi connectivity index (χ0v) is 12.6. The van der Waals surface area contributed by atoms with Crippen LogP contribution in [0.3, 0.4) is 0 Å². The van der Waals surface area contributed by atoms with Crippen LogP contribution in [0.4, 0.5) is 0 Å². The second-order valence-corrected chi connectivity index (χ2v) is 6.75. The monoisotopic (exact) mass is 268 g/mol. The first-order valence-corrected chi connectivity index (χ1v) is 7.56. The summed E-state index contributed by atoms with van der Waals surface area (Å²) in [4.78, 5) is 14.4. The van der Waals surface area contributed by atoms with E-state index in [0.29, 0.717) is 6.04 Å². The highest BCUT2D eigenvalue weighted by Crippen LogP contribution is 2.32. The highest BCUT2D eigenvalue weighted by molar-refractivity contribution is 5.76. The Balaban J connectivity index is 1.90. The first-order valence-electron chi connectivity index (χ1n) is 7.56. The molecule has 110 valence electrons. The Morgan fingerprint density at radius 2 is 2.11 bits per heavy atom. The summed E-state index contributed by atoms with van der Waals surface area (Å²) in [7, 11) is 1.48. The van der Waals surface area contributed by atoms with E-state index in [1.54, 1.807) is 0 Å². The summed E-state index contributed by atoms with van der Waals surface area (Å²) in [6.07, 6.45) is 5.17. The minimum atomic E-state index is -0.403. The van der Waals surface area contributed by atoms with Crippen LogP contribution in [-0.2, 0) is 9.53 Å². The Morgan fingerprint density at radius 1 is 1.37 bits per heavy atom. The molecule has 4 nitrogen and oxygen atoms in total. The molecule has 0 radical (unpaired) electrons. The van der Waals surface area contributed by atoms with Crippen molar-refractivity contribution in [3.8, 4) is 0 Å². The van der Waals surface area contributed by atoms with Crippen molar-refractivity contribution in [1.29, 1.82) is 0 Å². The van der Waals surface area contributed by atoms with Gasteiger partial charge in [0.25, 0.3) is 0 Å². The van der Waals surface area contributed by atoms with Gasteiger partial charge < -0.3 is 10.1 Å². The maximum Gasteiger partial charge on any atom is 0.312 e. The number of carbonyl (C=O) groups excluding carboxylic acids is 1. The van der Waals surface area contributed by atoms with E-state index in [-0.39, 0.29) is 5.97 Å². The van der Waals surface area contributed by atoms with E-state index < -0.39 is 5.41 Å². The number of esters is 1. The van der Waals surface area contributed by atoms with Gasteiger partial charge in [-0.2, -0.15) is 0 Å². The van der Waals surface area contributed by atoms with Gasteiger partial charge in [0.1, 0.15) is 0 Å². The lowest BCUT2D eigenvalue weighted by atomic mass is 9.91. The molecule has 19 heavy (non-hydrogen) atoms. The van der Waals surface area contributed by atoms with Crippen LogP contribution in [0, 0.1) is 11.3 Å². The molecule has 4 heteroatoms. The Hall–Kier alpha value is -0.610. The number of carbonyl (C=O) groups is 1. The lowest BCUT2D eigenvalue weighted by molar-refractivity contribution is -0.152. The molecule has 1 N–H and O–H groups in total. The van der Waals surface area contributed by atoms with Crippen LogP contribution in [0.5, 0.6) is 0 Å². The van der Waals surface area contributed by atoms with E-state index in [4.69, 9.17) is 4.74 Å². The SMILES string of the molecule is COC(=O)C(C)(C)CN(CC1CCCNC1)C1CC1. The van der Waals surface area contributed by atoms with Crippen molar-refractivity contribution in [3.05, 3.63) is 0 Å². The van der Waals surface area contributed by atoms with Crippen molar-refractivity contribution in [2.24, 2.45) is 11.3 Å². The fourth-order valence-electron chi connectivity index (χ4n) is 3.04. The van der Waals surface area contributed by atoms with Crippen LogP contribution in [0.1, 0.15) is 39.5 Å². The van der Waals surface area contributed by atoms with Gasteiger partial charge in [-0.15, -0.1) is 0 Å². The van der Waals surface area contributed by atoms with Gasteiger partial charge in [0.15, 0.2) is 0 Å². The molecule has 2 fully saturated rings. The molecule has 1 aliphatic heterocycles. The molecule has 0 amide bonds. The number of piperidine rings is 1. The summed E-state index contributed by atoms with van der Waals surface area (Å²) in [6, 6.07) is 0.700. The molecule has 1 aliphatic carbocycles. The van der Waals surface area contributed by atoms with Gasteiger partial charge in [0, 0.05) is 19.1 Å². The van der Waals surface area contributed by atoms with Crippen molar-refractivity contribution < 1.29 is 9.53 Å². The minimum absolute atomic E-state index is 0.0973. The molecule has 1 saturated heterocycles. The zero-order valence-electron chi connectivity index (χ0n) is 12.6. The van der Waals surface area contributed by atoms with Crippen LogP contribution in [0.15, 0.2) is 0 Å². The average Bonchev–Trinajstić information content (AvgIpc) is 3.22. The largest absolute Gasteiger partial charge is 0.469 e. The normalized spacial score (nSPS) is 24.5. The molecule has 0 aromatic rings. The minimum Gasteiger partial charge on any atom is -0.469 e. The highest BCUT2D eigenvalue weighted by Gasteiger charge is 2.38. The molecule has 2 aliphatic rings. The Bertz CT molecular complexity index is 307. The van der Waals surface area contributed by atoms with E-state index in [1.165, 1.54) is 32.8 Å². The summed E-state index contributed by atoms with van der Waals surface area (Å²) >= 11 is 0. The smallest absolute Gasteiger partial charge is 0.312 e. The van der Waals surface area contributed by atoms with Crippen molar-refractivity contribution in [1.82, 2.24) is 10.2 Å². The Morgan fingerprint density at radius 3 is 2.63 bits per heavy atom.